The summed E-state index contributed by atoms with van der Waals surface area (Å²) in [7, 11) is 0. The Hall–Kier alpha value is -0.0400. The molecule has 0 aromatic carbocycles. The number of hydrogen-bond donors (Lipinski definition) is 1. The van der Waals surface area contributed by atoms with E-state index in [1.807, 2.05) is 0 Å². The molecular weight excluding hydrogens is 124 g/mol. The van der Waals surface area contributed by atoms with Crippen LogP contribution in [0.25, 0.3) is 0 Å². The van der Waals surface area contributed by atoms with Gasteiger partial charge in [0.1, 0.15) is 0 Å². The lowest BCUT2D eigenvalue weighted by atomic mass is 9.88. The molecule has 1 saturated carbocycles. The van der Waals surface area contributed by atoms with E-state index in [2.05, 4.69) is 20.8 Å². The van der Waals surface area contributed by atoms with E-state index >= 15 is 0 Å². The summed E-state index contributed by atoms with van der Waals surface area (Å²) in [6, 6.07) is 0. The van der Waals surface area contributed by atoms with Crippen LogP contribution in [0.4, 0.5) is 0 Å². The second kappa shape index (κ2) is 2.54. The Morgan fingerprint density at radius 2 is 2.10 bits per heavy atom. The van der Waals surface area contributed by atoms with Crippen molar-refractivity contribution in [2.75, 3.05) is 0 Å². The van der Waals surface area contributed by atoms with Crippen LogP contribution in [-0.2, 0) is 0 Å². The quantitative estimate of drug-likeness (QED) is 0.595. The van der Waals surface area contributed by atoms with Gasteiger partial charge in [0.2, 0.25) is 0 Å². The molecule has 1 rings (SSSR count). The molecule has 0 amide bonds. The van der Waals surface area contributed by atoms with Gasteiger partial charge < -0.3 is 5.11 Å². The average Bonchev–Trinajstić information content (AvgIpc) is 2.13. The molecule has 60 valence electrons. The van der Waals surface area contributed by atoms with Gasteiger partial charge in [-0.05, 0) is 31.1 Å². The van der Waals surface area contributed by atoms with Crippen molar-refractivity contribution in [2.24, 2.45) is 11.8 Å². The fourth-order valence-electron chi connectivity index (χ4n) is 1.83. The highest BCUT2D eigenvalue weighted by molar-refractivity contribution is 4.89. The first-order chi connectivity index (χ1) is 4.54. The molecule has 2 unspecified atom stereocenters. The highest BCUT2D eigenvalue weighted by Crippen LogP contribution is 2.38. The Morgan fingerprint density at radius 1 is 1.50 bits per heavy atom. The molecule has 0 spiro atoms. The van der Waals surface area contributed by atoms with Crippen molar-refractivity contribution >= 4 is 0 Å². The normalized spacial score (nSPS) is 41.1. The summed E-state index contributed by atoms with van der Waals surface area (Å²) in [5, 5.41) is 9.94. The van der Waals surface area contributed by atoms with Crippen LogP contribution in [0.5, 0.6) is 0 Å². The smallest absolute Gasteiger partial charge is 0.0673 e. The summed E-state index contributed by atoms with van der Waals surface area (Å²) in [6.45, 7) is 6.44. The molecule has 1 fully saturated rings. The average molecular weight is 142 g/mol. The predicted octanol–water partition coefficient (Wildman–Crippen LogP) is 2.19. The lowest BCUT2D eigenvalue weighted by molar-refractivity contribution is -0.00110. The standard InChI is InChI=1S/C9H18O/c1-7(2)9(10)5-4-8(3)6-9/h7-8,10H,4-6H2,1-3H3. The Balaban J connectivity index is 2.54. The maximum Gasteiger partial charge on any atom is 0.0673 e. The second-order valence-corrected chi connectivity index (χ2v) is 4.11. The SMILES string of the molecule is CC1CCC(O)(C(C)C)C1. The molecule has 1 heteroatoms. The minimum atomic E-state index is -0.334. The molecule has 0 bridgehead atoms. The molecule has 1 nitrogen and oxygen atoms in total. The minimum Gasteiger partial charge on any atom is -0.390 e. The molecule has 2 atom stereocenters. The molecular formula is C9H18O. The lowest BCUT2D eigenvalue weighted by Crippen LogP contribution is -2.31. The molecule has 0 heterocycles. The lowest BCUT2D eigenvalue weighted by Gasteiger charge is -2.26. The van der Waals surface area contributed by atoms with E-state index in [4.69, 9.17) is 0 Å². The topological polar surface area (TPSA) is 20.2 Å². The monoisotopic (exact) mass is 142 g/mol. The zero-order valence-corrected chi connectivity index (χ0v) is 7.22. The van der Waals surface area contributed by atoms with Crippen LogP contribution in [0, 0.1) is 11.8 Å². The summed E-state index contributed by atoms with van der Waals surface area (Å²) >= 11 is 0. The van der Waals surface area contributed by atoms with Crippen LogP contribution < -0.4 is 0 Å². The number of rotatable bonds is 1. The Morgan fingerprint density at radius 3 is 2.30 bits per heavy atom. The maximum atomic E-state index is 9.94. The van der Waals surface area contributed by atoms with E-state index in [-0.39, 0.29) is 5.60 Å². The molecule has 0 radical (unpaired) electrons. The van der Waals surface area contributed by atoms with Crippen LogP contribution in [0.2, 0.25) is 0 Å². The van der Waals surface area contributed by atoms with Gasteiger partial charge >= 0.3 is 0 Å². The Bertz CT molecular complexity index is 120. The van der Waals surface area contributed by atoms with Gasteiger partial charge in [-0.25, -0.2) is 0 Å². The minimum absolute atomic E-state index is 0.334. The van der Waals surface area contributed by atoms with Crippen molar-refractivity contribution in [3.05, 3.63) is 0 Å². The predicted molar refractivity (Wildman–Crippen MR) is 42.8 cm³/mol. The Labute approximate surface area is 63.4 Å². The summed E-state index contributed by atoms with van der Waals surface area (Å²) in [5.41, 5.74) is -0.334. The molecule has 1 N–H and O–H groups in total. The summed E-state index contributed by atoms with van der Waals surface area (Å²) < 4.78 is 0. The van der Waals surface area contributed by atoms with E-state index in [1.165, 1.54) is 6.42 Å². The van der Waals surface area contributed by atoms with Crippen LogP contribution >= 0.6 is 0 Å². The van der Waals surface area contributed by atoms with Crippen molar-refractivity contribution in [1.29, 1.82) is 0 Å². The van der Waals surface area contributed by atoms with Gasteiger partial charge in [0.15, 0.2) is 0 Å². The van der Waals surface area contributed by atoms with Gasteiger partial charge in [-0.2, -0.15) is 0 Å². The van der Waals surface area contributed by atoms with Crippen molar-refractivity contribution < 1.29 is 5.11 Å². The third-order valence-corrected chi connectivity index (χ3v) is 2.85. The van der Waals surface area contributed by atoms with E-state index < -0.39 is 0 Å². The number of aliphatic hydroxyl groups is 1. The highest BCUT2D eigenvalue weighted by Gasteiger charge is 2.37. The van der Waals surface area contributed by atoms with Gasteiger partial charge in [-0.3, -0.25) is 0 Å². The van der Waals surface area contributed by atoms with E-state index in [1.54, 1.807) is 0 Å². The van der Waals surface area contributed by atoms with Gasteiger partial charge in [-0.15, -0.1) is 0 Å². The maximum absolute atomic E-state index is 9.94. The molecule has 1 aliphatic carbocycles. The van der Waals surface area contributed by atoms with Crippen LogP contribution in [0.1, 0.15) is 40.0 Å². The van der Waals surface area contributed by atoms with Crippen LogP contribution in [-0.4, -0.2) is 10.7 Å². The first-order valence-corrected chi connectivity index (χ1v) is 4.27. The fourth-order valence-corrected chi connectivity index (χ4v) is 1.83. The molecule has 0 saturated heterocycles. The first-order valence-electron chi connectivity index (χ1n) is 4.27. The van der Waals surface area contributed by atoms with Gasteiger partial charge in [-0.1, -0.05) is 20.8 Å². The molecule has 10 heavy (non-hydrogen) atoms. The van der Waals surface area contributed by atoms with Gasteiger partial charge in [0, 0.05) is 0 Å². The molecule has 1 aliphatic rings. The van der Waals surface area contributed by atoms with E-state index in [0.29, 0.717) is 5.92 Å². The van der Waals surface area contributed by atoms with Crippen molar-refractivity contribution in [1.82, 2.24) is 0 Å². The third kappa shape index (κ3) is 1.34. The van der Waals surface area contributed by atoms with E-state index in [0.717, 1.165) is 18.8 Å². The fraction of sp³-hybridized carbons (Fsp3) is 1.00. The second-order valence-electron chi connectivity index (χ2n) is 4.11. The van der Waals surface area contributed by atoms with Crippen LogP contribution in [0.3, 0.4) is 0 Å². The summed E-state index contributed by atoms with van der Waals surface area (Å²) in [4.78, 5) is 0. The zero-order chi connectivity index (χ0) is 7.78. The zero-order valence-electron chi connectivity index (χ0n) is 7.22. The Kier molecular flexibility index (Phi) is 2.04. The van der Waals surface area contributed by atoms with Crippen molar-refractivity contribution in [2.45, 2.75) is 45.6 Å². The first kappa shape index (κ1) is 8.06. The van der Waals surface area contributed by atoms with Crippen molar-refractivity contribution in [3.63, 3.8) is 0 Å². The third-order valence-electron chi connectivity index (χ3n) is 2.85. The summed E-state index contributed by atoms with van der Waals surface area (Å²) in [5.74, 6) is 1.16. The molecule has 0 aromatic heterocycles. The van der Waals surface area contributed by atoms with Crippen molar-refractivity contribution in [3.8, 4) is 0 Å². The van der Waals surface area contributed by atoms with E-state index in [9.17, 15) is 5.11 Å². The highest BCUT2D eigenvalue weighted by atomic mass is 16.3. The van der Waals surface area contributed by atoms with Gasteiger partial charge in [0.25, 0.3) is 0 Å². The molecule has 0 aliphatic heterocycles. The molecule has 0 aromatic rings. The largest absolute Gasteiger partial charge is 0.390 e. The van der Waals surface area contributed by atoms with Gasteiger partial charge in [0.05, 0.1) is 5.60 Å². The summed E-state index contributed by atoms with van der Waals surface area (Å²) in [6.07, 6.45) is 3.21. The van der Waals surface area contributed by atoms with Crippen LogP contribution in [0.15, 0.2) is 0 Å². The number of hydrogen-bond acceptors (Lipinski definition) is 1.